The summed E-state index contributed by atoms with van der Waals surface area (Å²) in [7, 11) is -4.81. The van der Waals surface area contributed by atoms with Crippen LogP contribution in [-0.2, 0) is 13.0 Å². The van der Waals surface area contributed by atoms with Gasteiger partial charge in [-0.1, -0.05) is 55.4 Å². The Morgan fingerprint density at radius 2 is 0.652 bits per heavy atom. The van der Waals surface area contributed by atoms with Crippen LogP contribution in [0.4, 0.5) is 0 Å². The zero-order valence-corrected chi connectivity index (χ0v) is 19.7. The van der Waals surface area contributed by atoms with Gasteiger partial charge in [0.1, 0.15) is 0 Å². The van der Waals surface area contributed by atoms with Gasteiger partial charge in [-0.2, -0.15) is 0 Å². The molecular formula is C18H42O3Si2. The van der Waals surface area contributed by atoms with E-state index in [0.29, 0.717) is 22.2 Å². The third-order valence-electron chi connectivity index (χ3n) is 4.38. The monoisotopic (exact) mass is 362 g/mol. The van der Waals surface area contributed by atoms with Crippen molar-refractivity contribution in [3.63, 3.8) is 0 Å². The highest BCUT2D eigenvalue weighted by Gasteiger charge is 2.56. The number of rotatable bonds is 10. The largest absolute Gasteiger partial charge is 0.414 e. The van der Waals surface area contributed by atoms with E-state index >= 15 is 0 Å². The molecule has 0 saturated heterocycles. The molecule has 0 unspecified atom stereocenters. The van der Waals surface area contributed by atoms with Crippen molar-refractivity contribution in [1.82, 2.24) is 0 Å². The molecule has 140 valence electrons. The van der Waals surface area contributed by atoms with E-state index in [-0.39, 0.29) is 12.2 Å². The van der Waals surface area contributed by atoms with Gasteiger partial charge in [0.15, 0.2) is 0 Å². The van der Waals surface area contributed by atoms with Gasteiger partial charge < -0.3 is 13.0 Å². The first kappa shape index (κ1) is 23.3. The molecule has 0 aliphatic carbocycles. The van der Waals surface area contributed by atoms with Crippen molar-refractivity contribution in [3.8, 4) is 0 Å². The Bertz CT molecular complexity index is 291. The molecule has 23 heavy (non-hydrogen) atoms. The van der Waals surface area contributed by atoms with Gasteiger partial charge in [-0.25, -0.2) is 0 Å². The van der Waals surface area contributed by atoms with Gasteiger partial charge in [0.05, 0.1) is 0 Å². The van der Waals surface area contributed by atoms with Crippen LogP contribution in [0.3, 0.4) is 0 Å². The van der Waals surface area contributed by atoms with Crippen LogP contribution >= 0.6 is 0 Å². The van der Waals surface area contributed by atoms with E-state index in [1.54, 1.807) is 0 Å². The SMILES string of the molecule is CC(C)O[Si](O[Si](OC(C)C)(C(C)C)C(C)C)(C(C)C)C(C)C. The molecule has 5 heteroatoms. The summed E-state index contributed by atoms with van der Waals surface area (Å²) in [4.78, 5) is 0. The van der Waals surface area contributed by atoms with E-state index in [9.17, 15) is 0 Å². The van der Waals surface area contributed by atoms with E-state index in [1.165, 1.54) is 0 Å². The predicted molar refractivity (Wildman–Crippen MR) is 105 cm³/mol. The van der Waals surface area contributed by atoms with Crippen molar-refractivity contribution in [1.29, 1.82) is 0 Å². The first-order valence-electron chi connectivity index (χ1n) is 9.37. The molecule has 0 radical (unpaired) electrons. The predicted octanol–water partition coefficient (Wildman–Crippen LogP) is 6.38. The van der Waals surface area contributed by atoms with Crippen molar-refractivity contribution in [3.05, 3.63) is 0 Å². The van der Waals surface area contributed by atoms with Gasteiger partial charge in [0.2, 0.25) is 0 Å². The summed E-state index contributed by atoms with van der Waals surface area (Å²) in [6.07, 6.45) is 0.355. The molecule has 0 aliphatic heterocycles. The van der Waals surface area contributed by atoms with Gasteiger partial charge in [0, 0.05) is 12.2 Å². The van der Waals surface area contributed by atoms with E-state index < -0.39 is 17.1 Å². The van der Waals surface area contributed by atoms with Crippen LogP contribution in [0, 0.1) is 0 Å². The summed E-state index contributed by atoms with van der Waals surface area (Å²) >= 11 is 0. The minimum atomic E-state index is -2.40. The quantitative estimate of drug-likeness (QED) is 0.422. The second-order valence-electron chi connectivity index (χ2n) is 8.50. The highest BCUT2D eigenvalue weighted by molar-refractivity contribution is 6.83. The van der Waals surface area contributed by atoms with Gasteiger partial charge in [-0.15, -0.1) is 0 Å². The lowest BCUT2D eigenvalue weighted by atomic mass is 10.5. The van der Waals surface area contributed by atoms with Crippen molar-refractivity contribution < 1.29 is 13.0 Å². The van der Waals surface area contributed by atoms with E-state index in [1.807, 2.05) is 0 Å². The van der Waals surface area contributed by atoms with E-state index in [4.69, 9.17) is 13.0 Å². The second-order valence-corrected chi connectivity index (χ2v) is 17.3. The third-order valence-corrected chi connectivity index (χ3v) is 15.0. The fourth-order valence-electron chi connectivity index (χ4n) is 3.38. The van der Waals surface area contributed by atoms with E-state index in [2.05, 4.69) is 83.1 Å². The molecule has 0 aromatic carbocycles. The van der Waals surface area contributed by atoms with Crippen molar-refractivity contribution in [2.75, 3.05) is 0 Å². The Labute approximate surface area is 148 Å². The highest BCUT2D eigenvalue weighted by Crippen LogP contribution is 2.44. The molecule has 0 aromatic heterocycles. The van der Waals surface area contributed by atoms with Crippen molar-refractivity contribution >= 4 is 17.1 Å². The molecule has 0 amide bonds. The summed E-state index contributed by atoms with van der Waals surface area (Å²) in [5.74, 6) is 0. The summed E-state index contributed by atoms with van der Waals surface area (Å²) in [6, 6.07) is 0. The minimum Gasteiger partial charge on any atom is -0.414 e. The average Bonchev–Trinajstić information content (AvgIpc) is 2.34. The minimum absolute atomic E-state index is 0.177. The molecule has 0 atom stereocenters. The van der Waals surface area contributed by atoms with Crippen LogP contribution in [0.1, 0.15) is 83.1 Å². The molecule has 0 aromatic rings. The fraction of sp³-hybridized carbons (Fsp3) is 1.00. The zero-order chi connectivity index (χ0) is 18.6. The Morgan fingerprint density at radius 1 is 0.435 bits per heavy atom. The van der Waals surface area contributed by atoms with Crippen LogP contribution in [0.15, 0.2) is 0 Å². The van der Waals surface area contributed by atoms with Gasteiger partial charge in [0.25, 0.3) is 0 Å². The van der Waals surface area contributed by atoms with Crippen LogP contribution in [-0.4, -0.2) is 29.3 Å². The molecule has 0 rings (SSSR count). The maximum atomic E-state index is 7.13. The summed E-state index contributed by atoms with van der Waals surface area (Å²) in [5, 5.41) is 0. The number of hydrogen-bond donors (Lipinski definition) is 0. The van der Waals surface area contributed by atoms with Crippen LogP contribution in [0.5, 0.6) is 0 Å². The molecule has 3 nitrogen and oxygen atoms in total. The zero-order valence-electron chi connectivity index (χ0n) is 17.7. The lowest BCUT2D eigenvalue weighted by Crippen LogP contribution is -2.62. The third kappa shape index (κ3) is 5.67. The Morgan fingerprint density at radius 3 is 0.783 bits per heavy atom. The van der Waals surface area contributed by atoms with Gasteiger partial charge in [-0.3, -0.25) is 0 Å². The summed E-state index contributed by atoms with van der Waals surface area (Å²) in [6.45, 7) is 26.5. The number of hydrogen-bond acceptors (Lipinski definition) is 3. The first-order valence-corrected chi connectivity index (χ1v) is 13.3. The average molecular weight is 363 g/mol. The summed E-state index contributed by atoms with van der Waals surface area (Å²) < 4.78 is 20.3. The highest BCUT2D eigenvalue weighted by atomic mass is 28.5. The smallest absolute Gasteiger partial charge is 0.334 e. The van der Waals surface area contributed by atoms with Crippen LogP contribution in [0.2, 0.25) is 22.2 Å². The maximum Gasteiger partial charge on any atom is 0.334 e. The molecule has 0 bridgehead atoms. The first-order chi connectivity index (χ1) is 10.3. The fourth-order valence-corrected chi connectivity index (χ4v) is 14.8. The molecule has 0 N–H and O–H groups in total. The van der Waals surface area contributed by atoms with Gasteiger partial charge >= 0.3 is 17.1 Å². The maximum absolute atomic E-state index is 7.13. The van der Waals surface area contributed by atoms with Gasteiger partial charge in [-0.05, 0) is 49.9 Å². The van der Waals surface area contributed by atoms with Crippen molar-refractivity contribution in [2.24, 2.45) is 0 Å². The topological polar surface area (TPSA) is 27.7 Å². The van der Waals surface area contributed by atoms with Crippen molar-refractivity contribution in [2.45, 2.75) is 117 Å². The molecular weight excluding hydrogens is 320 g/mol. The molecule has 0 spiro atoms. The Kier molecular flexibility index (Phi) is 9.26. The lowest BCUT2D eigenvalue weighted by molar-refractivity contribution is 0.115. The lowest BCUT2D eigenvalue weighted by Gasteiger charge is -2.49. The normalized spacial score (nSPS) is 14.3. The van der Waals surface area contributed by atoms with Crippen LogP contribution in [0.25, 0.3) is 0 Å². The molecule has 0 fully saturated rings. The standard InChI is InChI=1S/C18H42O3Si2/c1-13(2)19-22(15(5)6,16(7)8)21-23(17(9)10,18(11)12)20-14(3)4/h13-18H,1-12H3. The molecule has 0 aliphatic rings. The second kappa shape index (κ2) is 9.13. The Balaban J connectivity index is 6.03. The molecule has 0 heterocycles. The molecule has 0 saturated carbocycles. The summed E-state index contributed by atoms with van der Waals surface area (Å²) in [5.41, 5.74) is 1.57. The van der Waals surface area contributed by atoms with Crippen LogP contribution < -0.4 is 0 Å². The Hall–Kier alpha value is 0.314. The van der Waals surface area contributed by atoms with E-state index in [0.717, 1.165) is 0 Å².